The number of hydrogen-bond donors (Lipinski definition) is 1. The number of hydrogen-bond acceptors (Lipinski definition) is 1. The van der Waals surface area contributed by atoms with Crippen molar-refractivity contribution in [3.63, 3.8) is 0 Å². The van der Waals surface area contributed by atoms with Gasteiger partial charge in [0, 0.05) is 0 Å². The molecular weight excluding hydrogens is 352 g/mol. The minimum atomic E-state index is -1.15. The molecule has 0 spiro atoms. The Balaban J connectivity index is 2.35. The molecule has 0 fully saturated rings. The highest BCUT2D eigenvalue weighted by atomic mass is 16.3. The zero-order chi connectivity index (χ0) is 20.7. The Hall–Kier alpha value is -2.38. The van der Waals surface area contributed by atoms with E-state index in [2.05, 4.69) is 93.6 Å². The van der Waals surface area contributed by atoms with E-state index in [-0.39, 0.29) is 0 Å². The van der Waals surface area contributed by atoms with Gasteiger partial charge in [0.15, 0.2) is 0 Å². The van der Waals surface area contributed by atoms with E-state index in [0.717, 1.165) is 55.2 Å². The van der Waals surface area contributed by atoms with Gasteiger partial charge in [-0.05, 0) is 52.6 Å². The number of aliphatic hydroxyl groups is 1. The van der Waals surface area contributed by atoms with Gasteiger partial charge in [-0.15, -0.1) is 0 Å². The lowest BCUT2D eigenvalue weighted by atomic mass is 9.73. The molecule has 1 nitrogen and oxygen atoms in total. The van der Waals surface area contributed by atoms with Crippen molar-refractivity contribution in [1.29, 1.82) is 0 Å². The van der Waals surface area contributed by atoms with Crippen molar-refractivity contribution in [3.8, 4) is 0 Å². The van der Waals surface area contributed by atoms with E-state index in [9.17, 15) is 5.11 Å². The average Bonchev–Trinajstić information content (AvgIpc) is 2.75. The van der Waals surface area contributed by atoms with E-state index >= 15 is 0 Å². The van der Waals surface area contributed by atoms with Crippen LogP contribution in [0.4, 0.5) is 0 Å². The van der Waals surface area contributed by atoms with Gasteiger partial charge in [-0.25, -0.2) is 0 Å². The Morgan fingerprint density at radius 3 is 1.07 bits per heavy atom. The van der Waals surface area contributed by atoms with Crippen molar-refractivity contribution < 1.29 is 5.11 Å². The number of benzene rings is 3. The first-order valence-electron chi connectivity index (χ1n) is 11.1. The van der Waals surface area contributed by atoms with Crippen molar-refractivity contribution in [2.75, 3.05) is 0 Å². The van der Waals surface area contributed by atoms with Crippen molar-refractivity contribution >= 4 is 0 Å². The third kappa shape index (κ3) is 4.31. The molecule has 0 aliphatic carbocycles. The third-order valence-corrected chi connectivity index (χ3v) is 5.78. The maximum atomic E-state index is 12.6. The molecule has 0 amide bonds. The van der Waals surface area contributed by atoms with Crippen molar-refractivity contribution in [2.45, 2.75) is 64.9 Å². The maximum absolute atomic E-state index is 12.6. The molecular formula is C28H34O. The second kappa shape index (κ2) is 9.89. The Morgan fingerprint density at radius 2 is 0.793 bits per heavy atom. The fraction of sp³-hybridized carbons (Fsp3) is 0.357. The van der Waals surface area contributed by atoms with Crippen LogP contribution in [0.3, 0.4) is 0 Å². The monoisotopic (exact) mass is 386 g/mol. The molecule has 0 unspecified atom stereocenters. The van der Waals surface area contributed by atoms with Crippen LogP contribution in [0.2, 0.25) is 0 Å². The molecule has 0 saturated carbocycles. The Morgan fingerprint density at radius 1 is 0.517 bits per heavy atom. The lowest BCUT2D eigenvalue weighted by Gasteiger charge is -2.35. The summed E-state index contributed by atoms with van der Waals surface area (Å²) in [6.45, 7) is 6.60. The average molecular weight is 387 g/mol. The molecule has 0 atom stereocenters. The van der Waals surface area contributed by atoms with Gasteiger partial charge in [0.05, 0.1) is 0 Å². The van der Waals surface area contributed by atoms with Crippen LogP contribution in [-0.2, 0) is 24.9 Å². The quantitative estimate of drug-likeness (QED) is 0.400. The summed E-state index contributed by atoms with van der Waals surface area (Å²) in [6.07, 6.45) is 6.06. The molecule has 0 saturated heterocycles. The molecule has 0 aliphatic rings. The summed E-state index contributed by atoms with van der Waals surface area (Å²) in [5.41, 5.74) is 5.61. The summed E-state index contributed by atoms with van der Waals surface area (Å²) >= 11 is 0. The van der Waals surface area contributed by atoms with Gasteiger partial charge < -0.3 is 5.11 Å². The van der Waals surface area contributed by atoms with Crippen LogP contribution >= 0.6 is 0 Å². The van der Waals surface area contributed by atoms with Crippen molar-refractivity contribution in [3.05, 3.63) is 106 Å². The second-order valence-electron chi connectivity index (χ2n) is 7.93. The zero-order valence-corrected chi connectivity index (χ0v) is 18.1. The second-order valence-corrected chi connectivity index (χ2v) is 7.93. The van der Waals surface area contributed by atoms with Crippen LogP contribution in [-0.4, -0.2) is 5.11 Å². The molecule has 1 N–H and O–H groups in total. The van der Waals surface area contributed by atoms with Crippen LogP contribution in [0.5, 0.6) is 0 Å². The van der Waals surface area contributed by atoms with Gasteiger partial charge in [0.25, 0.3) is 0 Å². The highest BCUT2D eigenvalue weighted by Crippen LogP contribution is 2.42. The molecule has 0 aliphatic heterocycles. The van der Waals surface area contributed by atoms with E-state index in [1.165, 1.54) is 16.7 Å². The van der Waals surface area contributed by atoms with Crippen LogP contribution < -0.4 is 0 Å². The predicted molar refractivity (Wildman–Crippen MR) is 123 cm³/mol. The first-order valence-corrected chi connectivity index (χ1v) is 11.1. The minimum absolute atomic E-state index is 0.963. The first kappa shape index (κ1) is 21.3. The molecule has 1 heteroatoms. The standard InChI is InChI=1S/C28H34O/c1-4-13-22-16-7-10-19-25(22)28(29,26-20-11-8-17-23(26)14-5-2)27-21-12-9-18-24(27)15-6-3/h7-12,16-21,29H,4-6,13-15H2,1-3H3. The van der Waals surface area contributed by atoms with Crippen molar-refractivity contribution in [1.82, 2.24) is 0 Å². The van der Waals surface area contributed by atoms with Crippen LogP contribution in [0.1, 0.15) is 73.4 Å². The molecule has 152 valence electrons. The highest BCUT2D eigenvalue weighted by Gasteiger charge is 2.38. The van der Waals surface area contributed by atoms with Gasteiger partial charge in [-0.1, -0.05) is 113 Å². The largest absolute Gasteiger partial charge is 0.376 e. The van der Waals surface area contributed by atoms with Gasteiger partial charge in [-0.3, -0.25) is 0 Å². The molecule has 0 aromatic heterocycles. The zero-order valence-electron chi connectivity index (χ0n) is 18.1. The van der Waals surface area contributed by atoms with E-state index in [1.54, 1.807) is 0 Å². The fourth-order valence-corrected chi connectivity index (χ4v) is 4.52. The Bertz CT molecular complexity index is 804. The van der Waals surface area contributed by atoms with Crippen LogP contribution in [0.25, 0.3) is 0 Å². The molecule has 3 aromatic rings. The Labute approximate surface area is 176 Å². The smallest absolute Gasteiger partial charge is 0.141 e. The molecule has 0 heterocycles. The van der Waals surface area contributed by atoms with Gasteiger partial charge in [0.2, 0.25) is 0 Å². The molecule has 29 heavy (non-hydrogen) atoms. The lowest BCUT2D eigenvalue weighted by Crippen LogP contribution is -2.32. The summed E-state index contributed by atoms with van der Waals surface area (Å²) in [5, 5.41) is 12.6. The topological polar surface area (TPSA) is 20.2 Å². The molecule has 3 aromatic carbocycles. The maximum Gasteiger partial charge on any atom is 0.141 e. The molecule has 0 radical (unpaired) electrons. The van der Waals surface area contributed by atoms with Crippen LogP contribution in [0, 0.1) is 0 Å². The van der Waals surface area contributed by atoms with E-state index < -0.39 is 5.60 Å². The minimum Gasteiger partial charge on any atom is -0.376 e. The third-order valence-electron chi connectivity index (χ3n) is 5.78. The SMILES string of the molecule is CCCc1ccccc1C(O)(c1ccccc1CCC)c1ccccc1CCC. The summed E-state index contributed by atoms with van der Waals surface area (Å²) in [4.78, 5) is 0. The summed E-state index contributed by atoms with van der Waals surface area (Å²) in [6, 6.07) is 25.3. The molecule has 0 bridgehead atoms. The van der Waals surface area contributed by atoms with Crippen molar-refractivity contribution in [2.24, 2.45) is 0 Å². The van der Waals surface area contributed by atoms with E-state index in [1.807, 2.05) is 0 Å². The normalized spacial score (nSPS) is 11.6. The van der Waals surface area contributed by atoms with E-state index in [0.29, 0.717) is 0 Å². The summed E-state index contributed by atoms with van der Waals surface area (Å²) in [7, 11) is 0. The van der Waals surface area contributed by atoms with Gasteiger partial charge in [0.1, 0.15) is 5.60 Å². The number of rotatable bonds is 9. The van der Waals surface area contributed by atoms with Gasteiger partial charge in [-0.2, -0.15) is 0 Å². The molecule has 3 rings (SSSR count). The van der Waals surface area contributed by atoms with E-state index in [4.69, 9.17) is 0 Å². The summed E-state index contributed by atoms with van der Waals surface area (Å²) in [5.74, 6) is 0. The van der Waals surface area contributed by atoms with Gasteiger partial charge >= 0.3 is 0 Å². The predicted octanol–water partition coefficient (Wildman–Crippen LogP) is 6.83. The van der Waals surface area contributed by atoms with Crippen LogP contribution in [0.15, 0.2) is 72.8 Å². The Kier molecular flexibility index (Phi) is 7.28. The lowest BCUT2D eigenvalue weighted by molar-refractivity contribution is 0.122. The number of aryl methyl sites for hydroxylation is 3. The fourth-order valence-electron chi connectivity index (χ4n) is 4.52. The highest BCUT2D eigenvalue weighted by molar-refractivity contribution is 5.54. The first-order chi connectivity index (χ1) is 14.2. The summed E-state index contributed by atoms with van der Waals surface area (Å²) < 4.78 is 0.